The molecule has 0 atom stereocenters. The van der Waals surface area contributed by atoms with Gasteiger partial charge in [0.25, 0.3) is 11.8 Å². The molecule has 0 spiro atoms. The van der Waals surface area contributed by atoms with Crippen LogP contribution in [0.2, 0.25) is 0 Å². The number of hydrogen-bond acceptors (Lipinski definition) is 4. The summed E-state index contributed by atoms with van der Waals surface area (Å²) in [6, 6.07) is 14.8. The van der Waals surface area contributed by atoms with Gasteiger partial charge in [0.1, 0.15) is 11.3 Å². The van der Waals surface area contributed by atoms with E-state index in [0.717, 1.165) is 23.0 Å². The Bertz CT molecular complexity index is 1160. The highest BCUT2D eigenvalue weighted by Crippen LogP contribution is 2.27. The minimum Gasteiger partial charge on any atom is -0.497 e. The number of methoxy groups -OCH3 is 1. The first-order chi connectivity index (χ1) is 14.0. The molecule has 2 amide bonds. The van der Waals surface area contributed by atoms with Crippen LogP contribution in [0.3, 0.4) is 0 Å². The van der Waals surface area contributed by atoms with E-state index in [2.05, 4.69) is 9.88 Å². The number of carbonyl (C=O) groups is 2. The topological polar surface area (TPSA) is 63.6 Å². The Labute approximate surface area is 173 Å². The number of benzene rings is 2. The van der Waals surface area contributed by atoms with Gasteiger partial charge in [0.05, 0.1) is 12.8 Å². The molecule has 6 nitrogen and oxygen atoms in total. The molecule has 1 aliphatic rings. The summed E-state index contributed by atoms with van der Waals surface area (Å²) in [6.07, 6.45) is 3.58. The fourth-order valence-electron chi connectivity index (χ4n) is 3.43. The molecule has 0 saturated carbocycles. The predicted octanol–water partition coefficient (Wildman–Crippen LogP) is 3.50. The highest BCUT2D eigenvalue weighted by Gasteiger charge is 2.34. The lowest BCUT2D eigenvalue weighted by Gasteiger charge is -2.29. The van der Waals surface area contributed by atoms with Gasteiger partial charge in [0.15, 0.2) is 5.11 Å². The third-order valence-corrected chi connectivity index (χ3v) is 5.18. The van der Waals surface area contributed by atoms with E-state index in [0.29, 0.717) is 11.4 Å². The fraction of sp³-hybridized carbons (Fsp3) is 0.136. The zero-order chi connectivity index (χ0) is 20.5. The summed E-state index contributed by atoms with van der Waals surface area (Å²) in [7, 11) is 1.57. The van der Waals surface area contributed by atoms with Crippen molar-refractivity contribution in [1.29, 1.82) is 0 Å². The summed E-state index contributed by atoms with van der Waals surface area (Å²) in [5, 5.41) is 3.65. The van der Waals surface area contributed by atoms with E-state index in [1.165, 1.54) is 4.90 Å². The number of hydrogen-bond donors (Lipinski definition) is 1. The average molecular weight is 405 g/mol. The smallest absolute Gasteiger partial charge is 0.270 e. The van der Waals surface area contributed by atoms with Crippen molar-refractivity contribution >= 4 is 51.8 Å². The number of fused-ring (bicyclic) bond motifs is 1. The van der Waals surface area contributed by atoms with Gasteiger partial charge in [-0.3, -0.25) is 19.8 Å². The molecule has 3 aromatic rings. The van der Waals surface area contributed by atoms with Crippen molar-refractivity contribution < 1.29 is 14.3 Å². The largest absolute Gasteiger partial charge is 0.497 e. The SMILES string of the molecule is CCn1cc(C=C2C(=O)NC(=S)N(c3ccc(OC)cc3)C2=O)c2ccccc21. The van der Waals surface area contributed by atoms with Crippen LogP contribution >= 0.6 is 12.2 Å². The zero-order valence-electron chi connectivity index (χ0n) is 16.0. The molecule has 7 heteroatoms. The number of rotatable bonds is 4. The normalized spacial score (nSPS) is 15.9. The second-order valence-corrected chi connectivity index (χ2v) is 6.93. The van der Waals surface area contributed by atoms with Crippen molar-refractivity contribution in [2.75, 3.05) is 12.0 Å². The molecule has 1 fully saturated rings. The Morgan fingerprint density at radius 2 is 1.83 bits per heavy atom. The number of nitrogens with one attached hydrogen (secondary N) is 1. The van der Waals surface area contributed by atoms with E-state index in [-0.39, 0.29) is 10.7 Å². The highest BCUT2D eigenvalue weighted by molar-refractivity contribution is 7.80. The zero-order valence-corrected chi connectivity index (χ0v) is 16.8. The van der Waals surface area contributed by atoms with Crippen molar-refractivity contribution in [3.63, 3.8) is 0 Å². The van der Waals surface area contributed by atoms with Crippen LogP contribution in [0.5, 0.6) is 5.75 Å². The van der Waals surface area contributed by atoms with Crippen molar-refractivity contribution in [3.8, 4) is 5.75 Å². The molecular formula is C22H19N3O3S. The standard InChI is InChI=1S/C22H19N3O3S/c1-3-24-13-14(17-6-4-5-7-19(17)24)12-18-20(26)23-22(29)25(21(18)27)15-8-10-16(28-2)11-9-15/h4-13H,3H2,1-2H3,(H,23,26,29). The van der Waals surface area contributed by atoms with Gasteiger partial charge in [0.2, 0.25) is 0 Å². The highest BCUT2D eigenvalue weighted by atomic mass is 32.1. The molecule has 2 heterocycles. The number of amides is 2. The number of para-hydroxylation sites is 1. The molecule has 146 valence electrons. The van der Waals surface area contributed by atoms with E-state index in [4.69, 9.17) is 17.0 Å². The summed E-state index contributed by atoms with van der Waals surface area (Å²) in [5.41, 5.74) is 2.45. The maximum Gasteiger partial charge on any atom is 0.270 e. The third kappa shape index (κ3) is 3.30. The number of carbonyl (C=O) groups excluding carboxylic acids is 2. The summed E-state index contributed by atoms with van der Waals surface area (Å²) in [5.74, 6) is -0.299. The third-order valence-electron chi connectivity index (χ3n) is 4.89. The Morgan fingerprint density at radius 3 is 2.52 bits per heavy atom. The number of anilines is 1. The first-order valence-electron chi connectivity index (χ1n) is 9.17. The van der Waals surface area contributed by atoms with Crippen molar-refractivity contribution in [3.05, 3.63) is 65.9 Å². The summed E-state index contributed by atoms with van der Waals surface area (Å²) in [4.78, 5) is 27.1. The van der Waals surface area contributed by atoms with Crippen molar-refractivity contribution in [2.24, 2.45) is 0 Å². The van der Waals surface area contributed by atoms with E-state index in [1.807, 2.05) is 37.4 Å². The van der Waals surface area contributed by atoms with Gasteiger partial charge in [-0.25, -0.2) is 0 Å². The van der Waals surface area contributed by atoms with E-state index in [1.54, 1.807) is 37.5 Å². The first-order valence-corrected chi connectivity index (χ1v) is 9.57. The predicted molar refractivity (Wildman–Crippen MR) is 117 cm³/mol. The summed E-state index contributed by atoms with van der Waals surface area (Å²) >= 11 is 5.25. The minimum atomic E-state index is -0.502. The lowest BCUT2D eigenvalue weighted by atomic mass is 10.1. The van der Waals surface area contributed by atoms with Gasteiger partial charge < -0.3 is 9.30 Å². The number of aromatic nitrogens is 1. The van der Waals surface area contributed by atoms with Gasteiger partial charge in [-0.1, -0.05) is 18.2 Å². The van der Waals surface area contributed by atoms with Crippen LogP contribution < -0.4 is 15.0 Å². The monoisotopic (exact) mass is 405 g/mol. The van der Waals surface area contributed by atoms with Gasteiger partial charge >= 0.3 is 0 Å². The molecule has 1 aromatic heterocycles. The van der Waals surface area contributed by atoms with Crippen LogP contribution in [-0.2, 0) is 16.1 Å². The van der Waals surface area contributed by atoms with Crippen LogP contribution in [-0.4, -0.2) is 28.6 Å². The Kier molecular flexibility index (Phi) is 4.90. The molecule has 1 aliphatic heterocycles. The van der Waals surface area contributed by atoms with E-state index < -0.39 is 11.8 Å². The molecule has 4 rings (SSSR count). The summed E-state index contributed by atoms with van der Waals surface area (Å²) < 4.78 is 7.24. The summed E-state index contributed by atoms with van der Waals surface area (Å²) in [6.45, 7) is 2.83. The van der Waals surface area contributed by atoms with Crippen molar-refractivity contribution in [2.45, 2.75) is 13.5 Å². The first kappa shape index (κ1) is 18.9. The average Bonchev–Trinajstić information content (AvgIpc) is 3.09. The van der Waals surface area contributed by atoms with Crippen LogP contribution in [0.1, 0.15) is 12.5 Å². The van der Waals surface area contributed by atoms with E-state index >= 15 is 0 Å². The second kappa shape index (κ2) is 7.52. The van der Waals surface area contributed by atoms with Crippen LogP contribution in [0.25, 0.3) is 17.0 Å². The van der Waals surface area contributed by atoms with Crippen LogP contribution in [0.4, 0.5) is 5.69 Å². The molecule has 1 saturated heterocycles. The Morgan fingerprint density at radius 1 is 1.10 bits per heavy atom. The maximum absolute atomic E-state index is 13.2. The molecule has 0 radical (unpaired) electrons. The van der Waals surface area contributed by atoms with Gasteiger partial charge in [0, 0.05) is 29.2 Å². The molecule has 0 aliphatic carbocycles. The second-order valence-electron chi connectivity index (χ2n) is 6.54. The lowest BCUT2D eigenvalue weighted by Crippen LogP contribution is -2.54. The van der Waals surface area contributed by atoms with E-state index in [9.17, 15) is 9.59 Å². The maximum atomic E-state index is 13.2. The minimum absolute atomic E-state index is 0.0356. The number of nitrogens with zero attached hydrogens (tertiary/aromatic N) is 2. The van der Waals surface area contributed by atoms with Crippen LogP contribution in [0.15, 0.2) is 60.3 Å². The fourth-order valence-corrected chi connectivity index (χ4v) is 3.71. The number of ether oxygens (including phenoxy) is 1. The Hall–Kier alpha value is -3.45. The van der Waals surface area contributed by atoms with Crippen molar-refractivity contribution in [1.82, 2.24) is 9.88 Å². The van der Waals surface area contributed by atoms with Crippen LogP contribution in [0, 0.1) is 0 Å². The lowest BCUT2D eigenvalue weighted by molar-refractivity contribution is -0.122. The van der Waals surface area contributed by atoms with Gasteiger partial charge in [-0.15, -0.1) is 0 Å². The molecule has 2 aromatic carbocycles. The molecule has 1 N–H and O–H groups in total. The van der Waals surface area contributed by atoms with Gasteiger partial charge in [-0.05, 0) is 55.5 Å². The molecule has 0 bridgehead atoms. The Balaban J connectivity index is 1.78. The number of aryl methyl sites for hydroxylation is 1. The molecule has 29 heavy (non-hydrogen) atoms. The van der Waals surface area contributed by atoms with Gasteiger partial charge in [-0.2, -0.15) is 0 Å². The number of thiocarbonyl (C=S) groups is 1. The molecular weight excluding hydrogens is 386 g/mol. The molecule has 0 unspecified atom stereocenters. The quantitative estimate of drug-likeness (QED) is 0.410.